The van der Waals surface area contributed by atoms with E-state index in [2.05, 4.69) is 15.3 Å². The molecule has 2 N–H and O–H groups in total. The van der Waals surface area contributed by atoms with Crippen LogP contribution >= 0.6 is 0 Å². The number of aromatic amines is 1. The topological polar surface area (TPSA) is 67.0 Å². The van der Waals surface area contributed by atoms with Crippen molar-refractivity contribution in [1.82, 2.24) is 15.3 Å². The average molecular weight is 197 g/mol. The van der Waals surface area contributed by atoms with Crippen molar-refractivity contribution in [3.63, 3.8) is 0 Å². The van der Waals surface area contributed by atoms with Crippen molar-refractivity contribution in [3.05, 3.63) is 21.7 Å². The van der Waals surface area contributed by atoms with Crippen LogP contribution in [0.15, 0.2) is 4.79 Å². The lowest BCUT2D eigenvalue weighted by molar-refractivity contribution is 0.387. The number of H-pyrrole nitrogens is 1. The molecule has 1 rings (SSSR count). The highest BCUT2D eigenvalue weighted by Gasteiger charge is 2.11. The van der Waals surface area contributed by atoms with E-state index in [9.17, 15) is 4.79 Å². The summed E-state index contributed by atoms with van der Waals surface area (Å²) in [5.74, 6) is 0.964. The summed E-state index contributed by atoms with van der Waals surface area (Å²) >= 11 is 0. The van der Waals surface area contributed by atoms with Gasteiger partial charge in [0.25, 0.3) is 5.56 Å². The molecule has 0 aliphatic rings. The predicted octanol–water partition coefficient (Wildman–Crippen LogP) is 0.367. The third-order valence-electron chi connectivity index (χ3n) is 2.16. The van der Waals surface area contributed by atoms with Crippen molar-refractivity contribution in [2.24, 2.45) is 0 Å². The number of nitrogens with one attached hydrogen (secondary N) is 2. The molecule has 0 aliphatic heterocycles. The van der Waals surface area contributed by atoms with Crippen molar-refractivity contribution in [1.29, 1.82) is 0 Å². The summed E-state index contributed by atoms with van der Waals surface area (Å²) in [7, 11) is 3.31. The maximum atomic E-state index is 11.4. The molecule has 1 atom stereocenters. The number of rotatable bonds is 3. The summed E-state index contributed by atoms with van der Waals surface area (Å²) in [6.45, 7) is 3.59. The molecular formula is C9H15N3O2. The van der Waals surface area contributed by atoms with E-state index >= 15 is 0 Å². The van der Waals surface area contributed by atoms with Crippen LogP contribution in [0.4, 0.5) is 0 Å². The van der Waals surface area contributed by atoms with Gasteiger partial charge in [-0.25, -0.2) is 0 Å². The molecule has 0 saturated heterocycles. The summed E-state index contributed by atoms with van der Waals surface area (Å²) in [4.78, 5) is 18.3. The second-order valence-electron chi connectivity index (χ2n) is 3.10. The van der Waals surface area contributed by atoms with Crippen LogP contribution in [0, 0.1) is 6.92 Å². The number of hydrogen-bond donors (Lipinski definition) is 2. The van der Waals surface area contributed by atoms with E-state index in [0.717, 1.165) is 0 Å². The minimum atomic E-state index is -0.158. The van der Waals surface area contributed by atoms with Gasteiger partial charge < -0.3 is 15.0 Å². The normalized spacial score (nSPS) is 12.6. The standard InChI is InChI=1S/C9H15N3O2/c1-5-8(13)11-7(6(2)10-3)12-9(5)14-4/h6,10H,1-4H3,(H,11,12,13). The molecule has 0 fully saturated rings. The Bertz CT molecular complexity index is 373. The molecule has 0 aromatic carbocycles. The SMILES string of the molecule is CNC(C)c1nc(OC)c(C)c(=O)[nH]1. The van der Waals surface area contributed by atoms with Gasteiger partial charge in [-0.1, -0.05) is 0 Å². The predicted molar refractivity (Wildman–Crippen MR) is 53.6 cm³/mol. The summed E-state index contributed by atoms with van der Waals surface area (Å²) in [5.41, 5.74) is 0.341. The quantitative estimate of drug-likeness (QED) is 0.734. The third kappa shape index (κ3) is 1.93. The fourth-order valence-corrected chi connectivity index (χ4v) is 1.07. The van der Waals surface area contributed by atoms with Gasteiger partial charge in [0.15, 0.2) is 0 Å². The van der Waals surface area contributed by atoms with Gasteiger partial charge in [-0.2, -0.15) is 4.98 Å². The van der Waals surface area contributed by atoms with Gasteiger partial charge in [0.1, 0.15) is 5.82 Å². The lowest BCUT2D eigenvalue weighted by atomic mass is 10.3. The van der Waals surface area contributed by atoms with Crippen LogP contribution in [0.5, 0.6) is 5.88 Å². The van der Waals surface area contributed by atoms with Crippen molar-refractivity contribution >= 4 is 0 Å². The first-order valence-corrected chi connectivity index (χ1v) is 4.42. The first-order valence-electron chi connectivity index (χ1n) is 4.42. The van der Waals surface area contributed by atoms with Gasteiger partial charge >= 0.3 is 0 Å². The highest BCUT2D eigenvalue weighted by Crippen LogP contribution is 2.12. The fraction of sp³-hybridized carbons (Fsp3) is 0.556. The summed E-state index contributed by atoms with van der Waals surface area (Å²) in [6.07, 6.45) is 0. The Balaban J connectivity index is 3.23. The molecule has 1 aromatic rings. The van der Waals surface area contributed by atoms with Crippen LogP contribution in [0.25, 0.3) is 0 Å². The van der Waals surface area contributed by atoms with Gasteiger partial charge in [0.2, 0.25) is 5.88 Å². The van der Waals surface area contributed by atoms with Crippen molar-refractivity contribution in [2.75, 3.05) is 14.2 Å². The van der Waals surface area contributed by atoms with Gasteiger partial charge in [0.05, 0.1) is 18.7 Å². The van der Waals surface area contributed by atoms with Crippen LogP contribution in [-0.2, 0) is 0 Å². The molecule has 0 spiro atoms. The zero-order chi connectivity index (χ0) is 10.7. The lowest BCUT2D eigenvalue weighted by Crippen LogP contribution is -2.22. The zero-order valence-corrected chi connectivity index (χ0v) is 8.84. The van der Waals surface area contributed by atoms with Crippen LogP contribution in [0.1, 0.15) is 24.4 Å². The Kier molecular flexibility index (Phi) is 3.24. The summed E-state index contributed by atoms with van der Waals surface area (Å²) in [6, 6.07) is -0.00259. The Morgan fingerprint density at radius 1 is 1.57 bits per heavy atom. The molecule has 14 heavy (non-hydrogen) atoms. The molecule has 1 aromatic heterocycles. The van der Waals surface area contributed by atoms with Crippen LogP contribution < -0.4 is 15.6 Å². The average Bonchev–Trinajstić information content (AvgIpc) is 2.20. The highest BCUT2D eigenvalue weighted by atomic mass is 16.5. The van der Waals surface area contributed by atoms with E-state index in [1.54, 1.807) is 14.0 Å². The van der Waals surface area contributed by atoms with Crippen molar-refractivity contribution in [2.45, 2.75) is 19.9 Å². The first-order chi connectivity index (χ1) is 6.60. The van der Waals surface area contributed by atoms with Gasteiger partial charge in [-0.15, -0.1) is 0 Å². The molecule has 5 heteroatoms. The fourth-order valence-electron chi connectivity index (χ4n) is 1.07. The van der Waals surface area contributed by atoms with Gasteiger partial charge in [-0.05, 0) is 20.9 Å². The van der Waals surface area contributed by atoms with Crippen LogP contribution in [0.3, 0.4) is 0 Å². The van der Waals surface area contributed by atoms with E-state index in [4.69, 9.17) is 4.74 Å². The minimum absolute atomic E-state index is 0.00259. The van der Waals surface area contributed by atoms with Gasteiger partial charge in [0, 0.05) is 0 Å². The zero-order valence-electron chi connectivity index (χ0n) is 8.84. The van der Waals surface area contributed by atoms with E-state index < -0.39 is 0 Å². The number of methoxy groups -OCH3 is 1. The molecule has 0 saturated carbocycles. The van der Waals surface area contributed by atoms with Crippen LogP contribution in [0.2, 0.25) is 0 Å². The summed E-state index contributed by atoms with van der Waals surface area (Å²) < 4.78 is 5.00. The maximum absolute atomic E-state index is 11.4. The lowest BCUT2D eigenvalue weighted by Gasteiger charge is -2.11. The molecule has 0 bridgehead atoms. The Morgan fingerprint density at radius 3 is 2.71 bits per heavy atom. The summed E-state index contributed by atoms with van der Waals surface area (Å²) in [5, 5.41) is 2.99. The number of hydrogen-bond acceptors (Lipinski definition) is 4. The van der Waals surface area contributed by atoms with E-state index in [1.807, 2.05) is 6.92 Å². The van der Waals surface area contributed by atoms with E-state index in [1.165, 1.54) is 7.11 Å². The molecule has 1 heterocycles. The second kappa shape index (κ2) is 4.23. The monoisotopic (exact) mass is 197 g/mol. The first kappa shape index (κ1) is 10.7. The van der Waals surface area contributed by atoms with Gasteiger partial charge in [-0.3, -0.25) is 4.79 Å². The van der Waals surface area contributed by atoms with Crippen LogP contribution in [-0.4, -0.2) is 24.1 Å². The van der Waals surface area contributed by atoms with Crippen molar-refractivity contribution < 1.29 is 4.74 Å². The smallest absolute Gasteiger partial charge is 0.257 e. The largest absolute Gasteiger partial charge is 0.481 e. The maximum Gasteiger partial charge on any atom is 0.257 e. The number of nitrogens with zero attached hydrogens (tertiary/aromatic N) is 1. The molecule has 0 amide bonds. The number of ether oxygens (including phenoxy) is 1. The third-order valence-corrected chi connectivity index (χ3v) is 2.16. The molecule has 0 radical (unpaired) electrons. The molecule has 0 aliphatic carbocycles. The van der Waals surface area contributed by atoms with E-state index in [0.29, 0.717) is 17.3 Å². The van der Waals surface area contributed by atoms with Crippen molar-refractivity contribution in [3.8, 4) is 5.88 Å². The minimum Gasteiger partial charge on any atom is -0.481 e. The Labute approximate surface area is 82.5 Å². The Morgan fingerprint density at radius 2 is 2.21 bits per heavy atom. The molecule has 5 nitrogen and oxygen atoms in total. The van der Waals surface area contributed by atoms with E-state index in [-0.39, 0.29) is 11.6 Å². The molecule has 1 unspecified atom stereocenters. The Hall–Kier alpha value is -1.36. The molecular weight excluding hydrogens is 182 g/mol. The molecule has 78 valence electrons. The second-order valence-corrected chi connectivity index (χ2v) is 3.10. The highest BCUT2D eigenvalue weighted by molar-refractivity contribution is 5.22. The number of aromatic nitrogens is 2.